The molecule has 0 aliphatic carbocycles. The summed E-state index contributed by atoms with van der Waals surface area (Å²) in [7, 11) is 1.83. The van der Waals surface area contributed by atoms with Crippen LogP contribution < -0.4 is 0 Å². The molecule has 0 aromatic carbocycles. The summed E-state index contributed by atoms with van der Waals surface area (Å²) in [4.78, 5) is 15.9. The summed E-state index contributed by atoms with van der Waals surface area (Å²) in [6, 6.07) is 0. The summed E-state index contributed by atoms with van der Waals surface area (Å²) >= 11 is 0. The lowest BCUT2D eigenvalue weighted by Crippen LogP contribution is -2.23. The van der Waals surface area contributed by atoms with Crippen LogP contribution in [0.15, 0.2) is 0 Å². The fourth-order valence-corrected chi connectivity index (χ4v) is 0.797. The van der Waals surface area contributed by atoms with Crippen molar-refractivity contribution < 1.29 is 20.0 Å². The number of aliphatic carboxylic acids is 1. The van der Waals surface area contributed by atoms with Crippen LogP contribution in [0.1, 0.15) is 12.8 Å². The second kappa shape index (κ2) is 7.02. The lowest BCUT2D eigenvalue weighted by Gasteiger charge is -2.13. The van der Waals surface area contributed by atoms with E-state index in [-0.39, 0.29) is 13.0 Å². The molecule has 0 aliphatic heterocycles. The van der Waals surface area contributed by atoms with Gasteiger partial charge in [0, 0.05) is 13.1 Å². The molecule has 0 bridgehead atoms. The number of carboxylic acids is 1. The van der Waals surface area contributed by atoms with Gasteiger partial charge in [0.05, 0.1) is 13.0 Å². The van der Waals surface area contributed by atoms with E-state index in [0.29, 0.717) is 13.0 Å². The molecule has 5 nitrogen and oxygen atoms in total. The van der Waals surface area contributed by atoms with Crippen LogP contribution in [-0.2, 0) is 9.68 Å². The van der Waals surface area contributed by atoms with Gasteiger partial charge in [-0.15, -0.1) is 0 Å². The molecule has 0 aromatic rings. The standard InChI is InChI=1S/C7H15NO4/c1-8(4-2-6-12-11)5-3-7(9)10/h11H,2-6H2,1H3,(H,9,10). The van der Waals surface area contributed by atoms with Crippen molar-refractivity contribution in [2.24, 2.45) is 0 Å². The minimum atomic E-state index is -0.791. The highest BCUT2D eigenvalue weighted by Crippen LogP contribution is 1.90. The van der Waals surface area contributed by atoms with Gasteiger partial charge in [-0.3, -0.25) is 10.1 Å². The Bertz CT molecular complexity index is 129. The van der Waals surface area contributed by atoms with E-state index in [1.54, 1.807) is 0 Å². The van der Waals surface area contributed by atoms with Crippen molar-refractivity contribution in [2.75, 3.05) is 26.7 Å². The second-order valence-electron chi connectivity index (χ2n) is 2.63. The maximum Gasteiger partial charge on any atom is 0.304 e. The summed E-state index contributed by atoms with van der Waals surface area (Å²) in [6.45, 7) is 1.55. The topological polar surface area (TPSA) is 70.0 Å². The van der Waals surface area contributed by atoms with Crippen molar-refractivity contribution in [2.45, 2.75) is 12.8 Å². The van der Waals surface area contributed by atoms with Crippen LogP contribution in [0.5, 0.6) is 0 Å². The highest BCUT2D eigenvalue weighted by atomic mass is 17.1. The van der Waals surface area contributed by atoms with Gasteiger partial charge in [0.15, 0.2) is 0 Å². The molecule has 0 aromatic heterocycles. The van der Waals surface area contributed by atoms with E-state index in [1.165, 1.54) is 0 Å². The van der Waals surface area contributed by atoms with Gasteiger partial charge in [-0.1, -0.05) is 0 Å². The van der Waals surface area contributed by atoms with E-state index >= 15 is 0 Å². The monoisotopic (exact) mass is 177 g/mol. The minimum absolute atomic E-state index is 0.149. The van der Waals surface area contributed by atoms with Crippen LogP contribution in [-0.4, -0.2) is 48.0 Å². The summed E-state index contributed by atoms with van der Waals surface area (Å²) < 4.78 is 0. The zero-order chi connectivity index (χ0) is 9.40. The van der Waals surface area contributed by atoms with Crippen molar-refractivity contribution >= 4 is 5.97 Å². The Balaban J connectivity index is 3.21. The van der Waals surface area contributed by atoms with Crippen molar-refractivity contribution in [3.8, 4) is 0 Å². The Hall–Kier alpha value is -0.650. The third-order valence-corrected chi connectivity index (χ3v) is 1.48. The first-order valence-electron chi connectivity index (χ1n) is 3.83. The van der Waals surface area contributed by atoms with Crippen LogP contribution in [0.3, 0.4) is 0 Å². The first-order chi connectivity index (χ1) is 5.66. The van der Waals surface area contributed by atoms with E-state index in [1.807, 2.05) is 11.9 Å². The van der Waals surface area contributed by atoms with Gasteiger partial charge < -0.3 is 10.0 Å². The molecule has 0 aliphatic rings. The molecule has 0 radical (unpaired) electrons. The third kappa shape index (κ3) is 7.46. The Kier molecular flexibility index (Phi) is 6.64. The lowest BCUT2D eigenvalue weighted by molar-refractivity contribution is -0.242. The quantitative estimate of drug-likeness (QED) is 0.332. The molecule has 5 heteroatoms. The molecule has 0 saturated carbocycles. The Labute approximate surface area is 71.5 Å². The molecule has 0 amide bonds. The molecule has 0 spiro atoms. The van der Waals surface area contributed by atoms with Gasteiger partial charge in [0.25, 0.3) is 0 Å². The average molecular weight is 177 g/mol. The van der Waals surface area contributed by atoms with E-state index in [0.717, 1.165) is 6.54 Å². The molecule has 0 saturated heterocycles. The molecule has 0 unspecified atom stereocenters. The van der Waals surface area contributed by atoms with E-state index in [9.17, 15) is 4.79 Å². The Morgan fingerprint density at radius 3 is 2.67 bits per heavy atom. The van der Waals surface area contributed by atoms with Crippen molar-refractivity contribution in [3.05, 3.63) is 0 Å². The van der Waals surface area contributed by atoms with Crippen molar-refractivity contribution in [1.29, 1.82) is 0 Å². The molecular weight excluding hydrogens is 162 g/mol. The van der Waals surface area contributed by atoms with Gasteiger partial charge in [-0.25, -0.2) is 4.89 Å². The van der Waals surface area contributed by atoms with Crippen LogP contribution in [0, 0.1) is 0 Å². The Morgan fingerprint density at radius 1 is 1.50 bits per heavy atom. The van der Waals surface area contributed by atoms with E-state index < -0.39 is 5.97 Å². The second-order valence-corrected chi connectivity index (χ2v) is 2.63. The average Bonchev–Trinajstić information content (AvgIpc) is 2.01. The van der Waals surface area contributed by atoms with E-state index in [4.69, 9.17) is 10.4 Å². The lowest BCUT2D eigenvalue weighted by atomic mass is 10.3. The summed E-state index contributed by atoms with van der Waals surface area (Å²) in [6.07, 6.45) is 0.850. The van der Waals surface area contributed by atoms with Crippen LogP contribution >= 0.6 is 0 Å². The van der Waals surface area contributed by atoms with Crippen molar-refractivity contribution in [3.63, 3.8) is 0 Å². The van der Waals surface area contributed by atoms with E-state index in [2.05, 4.69) is 4.89 Å². The van der Waals surface area contributed by atoms with Gasteiger partial charge in [-0.2, -0.15) is 0 Å². The van der Waals surface area contributed by atoms with Gasteiger partial charge in [0.1, 0.15) is 0 Å². The summed E-state index contributed by atoms with van der Waals surface area (Å²) in [5.74, 6) is -0.791. The fourth-order valence-electron chi connectivity index (χ4n) is 0.797. The minimum Gasteiger partial charge on any atom is -0.481 e. The van der Waals surface area contributed by atoms with Crippen LogP contribution in [0.2, 0.25) is 0 Å². The number of nitrogens with zero attached hydrogens (tertiary/aromatic N) is 1. The fraction of sp³-hybridized carbons (Fsp3) is 0.857. The molecule has 12 heavy (non-hydrogen) atoms. The molecule has 0 atom stereocenters. The summed E-state index contributed by atoms with van der Waals surface area (Å²) in [5.41, 5.74) is 0. The number of carboxylic acid groups (broad SMARTS) is 1. The molecule has 72 valence electrons. The Morgan fingerprint density at radius 2 is 2.17 bits per heavy atom. The predicted molar refractivity (Wildman–Crippen MR) is 42.9 cm³/mol. The zero-order valence-electron chi connectivity index (χ0n) is 7.19. The molecule has 0 heterocycles. The maximum absolute atomic E-state index is 10.1. The zero-order valence-corrected chi connectivity index (χ0v) is 7.19. The molecule has 2 N–H and O–H groups in total. The number of hydrogen-bond acceptors (Lipinski definition) is 4. The van der Waals surface area contributed by atoms with Gasteiger partial charge in [-0.05, 0) is 13.5 Å². The van der Waals surface area contributed by atoms with Crippen LogP contribution in [0.4, 0.5) is 0 Å². The largest absolute Gasteiger partial charge is 0.481 e. The highest BCUT2D eigenvalue weighted by Gasteiger charge is 2.01. The molecule has 0 rings (SSSR count). The highest BCUT2D eigenvalue weighted by molar-refractivity contribution is 5.66. The first-order valence-corrected chi connectivity index (χ1v) is 3.83. The normalized spacial score (nSPS) is 10.6. The van der Waals surface area contributed by atoms with Gasteiger partial charge >= 0.3 is 5.97 Å². The summed E-state index contributed by atoms with van der Waals surface area (Å²) in [5, 5.41) is 16.3. The number of hydrogen-bond donors (Lipinski definition) is 2. The maximum atomic E-state index is 10.1. The third-order valence-electron chi connectivity index (χ3n) is 1.48. The smallest absolute Gasteiger partial charge is 0.304 e. The number of rotatable bonds is 7. The van der Waals surface area contributed by atoms with Gasteiger partial charge in [0.2, 0.25) is 0 Å². The number of carbonyl (C=O) groups is 1. The van der Waals surface area contributed by atoms with Crippen LogP contribution in [0.25, 0.3) is 0 Å². The molecule has 0 fully saturated rings. The molecular formula is C7H15NO4. The van der Waals surface area contributed by atoms with Crippen molar-refractivity contribution in [1.82, 2.24) is 4.90 Å². The SMILES string of the molecule is CN(CCCOO)CCC(=O)O. The predicted octanol–water partition coefficient (Wildman–Crippen LogP) is 0.273. The first kappa shape index (κ1) is 11.4.